The fourth-order valence-corrected chi connectivity index (χ4v) is 3.59. The van der Waals surface area contributed by atoms with Crippen LogP contribution in [0.3, 0.4) is 0 Å². The number of fused-ring (bicyclic) bond motifs is 2. The highest BCUT2D eigenvalue weighted by Crippen LogP contribution is 2.31. The Morgan fingerprint density at radius 2 is 1.96 bits per heavy atom. The van der Waals surface area contributed by atoms with Gasteiger partial charge in [-0.1, -0.05) is 40.2 Å². The number of hydrogen-bond acceptors (Lipinski definition) is 2. The van der Waals surface area contributed by atoms with Crippen molar-refractivity contribution >= 4 is 27.5 Å². The van der Waals surface area contributed by atoms with Gasteiger partial charge in [0.05, 0.1) is 12.7 Å². The van der Waals surface area contributed by atoms with Crippen molar-refractivity contribution in [2.75, 3.05) is 4.90 Å². The summed E-state index contributed by atoms with van der Waals surface area (Å²) in [6.45, 7) is 0.533. The summed E-state index contributed by atoms with van der Waals surface area (Å²) >= 11 is 3.45. The number of halogens is 1. The predicted octanol–water partition coefficient (Wildman–Crippen LogP) is 3.93. The summed E-state index contributed by atoms with van der Waals surface area (Å²) in [5.41, 5.74) is 5.04. The van der Waals surface area contributed by atoms with E-state index in [9.17, 15) is 4.79 Å². The molecule has 0 bridgehead atoms. The Balaban J connectivity index is 1.83. The molecule has 0 fully saturated rings. The van der Waals surface area contributed by atoms with Gasteiger partial charge in [-0.25, -0.2) is 0 Å². The van der Waals surface area contributed by atoms with Gasteiger partial charge in [-0.2, -0.15) is 5.10 Å². The molecule has 1 amide bonds. The van der Waals surface area contributed by atoms with Crippen molar-refractivity contribution in [3.05, 3.63) is 81.6 Å². The molecule has 0 radical (unpaired) electrons. The molecular formula is C19H16BrN3O. The van der Waals surface area contributed by atoms with Crippen molar-refractivity contribution in [1.29, 1.82) is 0 Å². The molecule has 0 unspecified atom stereocenters. The molecule has 5 heteroatoms. The van der Waals surface area contributed by atoms with Gasteiger partial charge in [-0.3, -0.25) is 9.48 Å². The molecule has 1 aromatic heterocycles. The van der Waals surface area contributed by atoms with E-state index in [2.05, 4.69) is 27.1 Å². The third-order valence-corrected chi connectivity index (χ3v) is 4.93. The summed E-state index contributed by atoms with van der Waals surface area (Å²) in [6.07, 6.45) is 2.65. The van der Waals surface area contributed by atoms with Gasteiger partial charge in [0.15, 0.2) is 0 Å². The molecule has 1 aliphatic rings. The third kappa shape index (κ3) is 2.55. The highest BCUT2D eigenvalue weighted by Gasteiger charge is 2.26. The van der Waals surface area contributed by atoms with E-state index in [0.29, 0.717) is 12.1 Å². The minimum atomic E-state index is 0.000420. The maximum absolute atomic E-state index is 13.2. The van der Waals surface area contributed by atoms with Gasteiger partial charge in [0.1, 0.15) is 0 Å². The molecule has 120 valence electrons. The molecule has 24 heavy (non-hydrogen) atoms. The molecule has 0 atom stereocenters. The molecule has 2 heterocycles. The third-order valence-electron chi connectivity index (χ3n) is 4.43. The number of rotatable bonds is 1. The van der Waals surface area contributed by atoms with Crippen LogP contribution in [0.4, 0.5) is 5.69 Å². The molecule has 0 N–H and O–H groups in total. The van der Waals surface area contributed by atoms with Gasteiger partial charge < -0.3 is 4.90 Å². The lowest BCUT2D eigenvalue weighted by Gasteiger charge is -2.23. The van der Waals surface area contributed by atoms with Crippen molar-refractivity contribution in [3.8, 4) is 0 Å². The van der Waals surface area contributed by atoms with Crippen molar-refractivity contribution in [3.63, 3.8) is 0 Å². The van der Waals surface area contributed by atoms with Crippen LogP contribution in [0.15, 0.2) is 59.2 Å². The first kappa shape index (κ1) is 15.1. The molecule has 0 saturated carbocycles. The molecule has 2 aromatic carbocycles. The SMILES string of the molecule is Cn1ncc2c1Cc1ccccc1N(C(=O)c1cccc(Br)c1)C2. The van der Waals surface area contributed by atoms with Crippen molar-refractivity contribution < 1.29 is 4.79 Å². The van der Waals surface area contributed by atoms with Gasteiger partial charge in [-0.05, 0) is 29.8 Å². The van der Waals surface area contributed by atoms with Crippen LogP contribution in [0.1, 0.15) is 27.2 Å². The largest absolute Gasteiger partial charge is 0.304 e. The number of aryl methyl sites for hydroxylation is 1. The topological polar surface area (TPSA) is 38.1 Å². The maximum Gasteiger partial charge on any atom is 0.258 e. The molecule has 4 rings (SSSR count). The Bertz CT molecular complexity index is 932. The van der Waals surface area contributed by atoms with Crippen LogP contribution in [-0.4, -0.2) is 15.7 Å². The summed E-state index contributed by atoms with van der Waals surface area (Å²) in [5, 5.41) is 4.36. The zero-order valence-corrected chi connectivity index (χ0v) is 14.8. The normalized spacial score (nSPS) is 13.2. The lowest BCUT2D eigenvalue weighted by molar-refractivity contribution is 0.0985. The van der Waals surface area contributed by atoms with Gasteiger partial charge in [0.2, 0.25) is 0 Å². The van der Waals surface area contributed by atoms with Crippen molar-refractivity contribution in [2.45, 2.75) is 13.0 Å². The van der Waals surface area contributed by atoms with Gasteiger partial charge in [0.25, 0.3) is 5.91 Å². The number of carbonyl (C=O) groups is 1. The van der Waals surface area contributed by atoms with Crippen LogP contribution in [-0.2, 0) is 20.0 Å². The second-order valence-electron chi connectivity index (χ2n) is 5.95. The first-order valence-corrected chi connectivity index (χ1v) is 8.58. The number of nitrogens with zero attached hydrogens (tertiary/aromatic N) is 3. The van der Waals surface area contributed by atoms with Crippen LogP contribution in [0.25, 0.3) is 0 Å². The molecule has 0 saturated heterocycles. The monoisotopic (exact) mass is 381 g/mol. The van der Waals surface area contributed by atoms with Crippen LogP contribution in [0.2, 0.25) is 0 Å². The minimum Gasteiger partial charge on any atom is -0.304 e. The fraction of sp³-hybridized carbons (Fsp3) is 0.158. The van der Waals surface area contributed by atoms with Gasteiger partial charge in [-0.15, -0.1) is 0 Å². The second-order valence-corrected chi connectivity index (χ2v) is 6.86. The van der Waals surface area contributed by atoms with Gasteiger partial charge >= 0.3 is 0 Å². The summed E-state index contributed by atoms with van der Waals surface area (Å²) in [5.74, 6) is 0.000420. The van der Waals surface area contributed by atoms with E-state index < -0.39 is 0 Å². The summed E-state index contributed by atoms with van der Waals surface area (Å²) < 4.78 is 2.80. The van der Waals surface area contributed by atoms with Crippen LogP contribution in [0, 0.1) is 0 Å². The number of anilines is 1. The van der Waals surface area contributed by atoms with Gasteiger partial charge in [0, 0.05) is 40.4 Å². The van der Waals surface area contributed by atoms with E-state index in [1.807, 2.05) is 65.3 Å². The van der Waals surface area contributed by atoms with Crippen LogP contribution >= 0.6 is 15.9 Å². The molecule has 0 spiro atoms. The summed E-state index contributed by atoms with van der Waals surface area (Å²) in [6, 6.07) is 15.6. The van der Waals surface area contributed by atoms with E-state index in [0.717, 1.165) is 33.4 Å². The maximum atomic E-state index is 13.2. The average Bonchev–Trinajstić information content (AvgIpc) is 2.84. The smallest absolute Gasteiger partial charge is 0.258 e. The number of carbonyl (C=O) groups excluding carboxylic acids is 1. The Hall–Kier alpha value is -2.40. The number of hydrogen-bond donors (Lipinski definition) is 0. The Labute approximate surface area is 148 Å². The Kier molecular flexibility index (Phi) is 3.73. The summed E-state index contributed by atoms with van der Waals surface area (Å²) in [7, 11) is 1.95. The first-order chi connectivity index (χ1) is 11.6. The lowest BCUT2D eigenvalue weighted by atomic mass is 10.1. The molecular weight excluding hydrogens is 366 g/mol. The van der Waals surface area contributed by atoms with Crippen LogP contribution in [0.5, 0.6) is 0 Å². The minimum absolute atomic E-state index is 0.000420. The number of para-hydroxylation sites is 1. The van der Waals surface area contributed by atoms with E-state index in [1.54, 1.807) is 0 Å². The van der Waals surface area contributed by atoms with E-state index in [1.165, 1.54) is 0 Å². The van der Waals surface area contributed by atoms with Crippen molar-refractivity contribution in [1.82, 2.24) is 9.78 Å². The molecule has 3 aromatic rings. The number of amides is 1. The molecule has 4 nitrogen and oxygen atoms in total. The quantitative estimate of drug-likeness (QED) is 0.640. The standard InChI is InChI=1S/C19H16BrN3O/c1-22-18-10-13-5-2-3-8-17(13)23(12-15(18)11-21-22)19(24)14-6-4-7-16(20)9-14/h2-9,11H,10,12H2,1H3. The zero-order chi connectivity index (χ0) is 16.7. The van der Waals surface area contributed by atoms with E-state index in [4.69, 9.17) is 0 Å². The predicted molar refractivity (Wildman–Crippen MR) is 97.1 cm³/mol. The Morgan fingerprint density at radius 1 is 1.12 bits per heavy atom. The second kappa shape index (κ2) is 5.91. The molecule has 0 aliphatic carbocycles. The highest BCUT2D eigenvalue weighted by molar-refractivity contribution is 9.10. The van der Waals surface area contributed by atoms with Crippen molar-refractivity contribution in [2.24, 2.45) is 7.05 Å². The average molecular weight is 382 g/mol. The zero-order valence-electron chi connectivity index (χ0n) is 13.2. The summed E-state index contributed by atoms with van der Waals surface area (Å²) in [4.78, 5) is 15.0. The number of aromatic nitrogens is 2. The highest BCUT2D eigenvalue weighted by atomic mass is 79.9. The first-order valence-electron chi connectivity index (χ1n) is 7.78. The fourth-order valence-electron chi connectivity index (χ4n) is 3.19. The lowest BCUT2D eigenvalue weighted by Crippen LogP contribution is -2.30. The van der Waals surface area contributed by atoms with E-state index in [-0.39, 0.29) is 5.91 Å². The van der Waals surface area contributed by atoms with Crippen LogP contribution < -0.4 is 4.90 Å². The van der Waals surface area contributed by atoms with E-state index >= 15 is 0 Å². The Morgan fingerprint density at radius 3 is 2.79 bits per heavy atom. The molecule has 1 aliphatic heterocycles. The number of benzene rings is 2.